The first-order valence-corrected chi connectivity index (χ1v) is 4.89. The molecule has 0 saturated heterocycles. The second kappa shape index (κ2) is 5.63. The van der Waals surface area contributed by atoms with E-state index in [0.717, 1.165) is 5.56 Å². The van der Waals surface area contributed by atoms with Gasteiger partial charge in [0, 0.05) is 17.1 Å². The number of rotatable bonds is 5. The molecule has 2 N–H and O–H groups in total. The molecule has 3 nitrogen and oxygen atoms in total. The van der Waals surface area contributed by atoms with Crippen molar-refractivity contribution in [1.82, 2.24) is 0 Å². The molecule has 82 valence electrons. The quantitative estimate of drug-likeness (QED) is 0.840. The molecule has 0 heterocycles. The van der Waals surface area contributed by atoms with Gasteiger partial charge in [0.1, 0.15) is 6.61 Å². The van der Waals surface area contributed by atoms with Gasteiger partial charge in [0.05, 0.1) is 7.11 Å². The topological polar surface area (TPSA) is 44.5 Å². The zero-order valence-corrected chi connectivity index (χ0v) is 9.38. The van der Waals surface area contributed by atoms with Crippen LogP contribution < -0.4 is 15.2 Å². The number of nitrogens with two attached hydrogens (primary N) is 1. The number of ether oxygens (including phenoxy) is 2. The molecule has 0 amide bonds. The van der Waals surface area contributed by atoms with Crippen molar-refractivity contribution in [3.05, 3.63) is 35.4 Å². The van der Waals surface area contributed by atoms with Crippen molar-refractivity contribution in [2.75, 3.05) is 13.7 Å². The van der Waals surface area contributed by atoms with E-state index < -0.39 is 0 Å². The predicted octanol–water partition coefficient (Wildman–Crippen LogP) is 2.29. The lowest BCUT2D eigenvalue weighted by Gasteiger charge is -2.13. The van der Waals surface area contributed by atoms with E-state index in [4.69, 9.17) is 26.8 Å². The molecule has 0 radical (unpaired) electrons. The Morgan fingerprint density at radius 2 is 2.27 bits per heavy atom. The van der Waals surface area contributed by atoms with Gasteiger partial charge >= 0.3 is 0 Å². The molecule has 0 atom stereocenters. The second-order valence-corrected chi connectivity index (χ2v) is 3.49. The fraction of sp³-hybridized carbons (Fsp3) is 0.273. The highest BCUT2D eigenvalue weighted by Gasteiger charge is 2.09. The summed E-state index contributed by atoms with van der Waals surface area (Å²) in [5.74, 6) is 1.28. The molecular weight excluding hydrogens is 214 g/mol. The SMILES string of the molecule is C=C(Cl)COc1c(CN)cccc1OC. The van der Waals surface area contributed by atoms with Gasteiger partial charge in [-0.25, -0.2) is 0 Å². The largest absolute Gasteiger partial charge is 0.493 e. The predicted molar refractivity (Wildman–Crippen MR) is 61.4 cm³/mol. The van der Waals surface area contributed by atoms with E-state index in [0.29, 0.717) is 23.1 Å². The zero-order chi connectivity index (χ0) is 11.3. The minimum absolute atomic E-state index is 0.245. The van der Waals surface area contributed by atoms with Crippen molar-refractivity contribution in [2.24, 2.45) is 5.73 Å². The molecule has 1 aromatic rings. The molecule has 0 aliphatic heterocycles. The van der Waals surface area contributed by atoms with Crippen molar-refractivity contribution in [3.63, 3.8) is 0 Å². The fourth-order valence-corrected chi connectivity index (χ4v) is 1.25. The third-order valence-electron chi connectivity index (χ3n) is 1.87. The molecule has 0 aliphatic carbocycles. The average Bonchev–Trinajstić information content (AvgIpc) is 2.25. The molecule has 0 aliphatic rings. The molecular formula is C11H14ClNO2. The van der Waals surface area contributed by atoms with Gasteiger partial charge in [-0.3, -0.25) is 0 Å². The summed E-state index contributed by atoms with van der Waals surface area (Å²) in [6.45, 7) is 4.18. The van der Waals surface area contributed by atoms with Crippen LogP contribution >= 0.6 is 11.6 Å². The molecule has 15 heavy (non-hydrogen) atoms. The van der Waals surface area contributed by atoms with E-state index >= 15 is 0 Å². The number of methoxy groups -OCH3 is 1. The van der Waals surface area contributed by atoms with Crippen LogP contribution in [-0.4, -0.2) is 13.7 Å². The molecule has 4 heteroatoms. The Balaban J connectivity index is 2.94. The highest BCUT2D eigenvalue weighted by molar-refractivity contribution is 6.29. The van der Waals surface area contributed by atoms with Crippen molar-refractivity contribution in [2.45, 2.75) is 6.54 Å². The van der Waals surface area contributed by atoms with Crippen LogP contribution in [-0.2, 0) is 6.54 Å². The van der Waals surface area contributed by atoms with Crippen molar-refractivity contribution >= 4 is 11.6 Å². The van der Waals surface area contributed by atoms with Crippen molar-refractivity contribution in [3.8, 4) is 11.5 Å². The van der Waals surface area contributed by atoms with E-state index in [1.165, 1.54) is 0 Å². The first-order valence-electron chi connectivity index (χ1n) is 4.51. The van der Waals surface area contributed by atoms with Crippen LogP contribution in [0, 0.1) is 0 Å². The van der Waals surface area contributed by atoms with E-state index in [9.17, 15) is 0 Å². The second-order valence-electron chi connectivity index (χ2n) is 2.96. The van der Waals surface area contributed by atoms with Crippen molar-refractivity contribution in [1.29, 1.82) is 0 Å². The highest BCUT2D eigenvalue weighted by Crippen LogP contribution is 2.31. The summed E-state index contributed by atoms with van der Waals surface area (Å²) >= 11 is 5.63. The van der Waals surface area contributed by atoms with Crippen LogP contribution in [0.1, 0.15) is 5.56 Å². The summed E-state index contributed by atoms with van der Waals surface area (Å²) in [5.41, 5.74) is 6.47. The summed E-state index contributed by atoms with van der Waals surface area (Å²) in [4.78, 5) is 0. The van der Waals surface area contributed by atoms with Gasteiger partial charge in [-0.2, -0.15) is 0 Å². The maximum Gasteiger partial charge on any atom is 0.166 e. The molecule has 0 unspecified atom stereocenters. The van der Waals surface area contributed by atoms with Crippen LogP contribution in [0.3, 0.4) is 0 Å². The summed E-state index contributed by atoms with van der Waals surface area (Å²) in [5, 5.41) is 0.434. The lowest BCUT2D eigenvalue weighted by Crippen LogP contribution is -2.05. The first kappa shape index (κ1) is 11.9. The van der Waals surface area contributed by atoms with Crippen LogP contribution in [0.2, 0.25) is 0 Å². The molecule has 0 saturated carbocycles. The Morgan fingerprint density at radius 3 is 2.80 bits per heavy atom. The van der Waals surface area contributed by atoms with Gasteiger partial charge in [0.2, 0.25) is 0 Å². The van der Waals surface area contributed by atoms with E-state index in [-0.39, 0.29) is 6.61 Å². The van der Waals surface area contributed by atoms with Gasteiger partial charge in [0.15, 0.2) is 11.5 Å². The van der Waals surface area contributed by atoms with Gasteiger partial charge < -0.3 is 15.2 Å². The fourth-order valence-electron chi connectivity index (χ4n) is 1.20. The monoisotopic (exact) mass is 227 g/mol. The molecule has 0 bridgehead atoms. The third kappa shape index (κ3) is 3.15. The van der Waals surface area contributed by atoms with Crippen LogP contribution in [0.5, 0.6) is 11.5 Å². The molecule has 0 aromatic heterocycles. The summed E-state index contributed by atoms with van der Waals surface area (Å²) in [6.07, 6.45) is 0. The highest BCUT2D eigenvalue weighted by atomic mass is 35.5. The Kier molecular flexibility index (Phi) is 4.46. The molecule has 1 aromatic carbocycles. The van der Waals surface area contributed by atoms with Gasteiger partial charge in [-0.1, -0.05) is 30.3 Å². The van der Waals surface area contributed by atoms with E-state index in [1.54, 1.807) is 7.11 Å². The van der Waals surface area contributed by atoms with E-state index in [2.05, 4.69) is 6.58 Å². The van der Waals surface area contributed by atoms with Gasteiger partial charge in [0.25, 0.3) is 0 Å². The average molecular weight is 228 g/mol. The Hall–Kier alpha value is -1.19. The minimum Gasteiger partial charge on any atom is -0.493 e. The summed E-state index contributed by atoms with van der Waals surface area (Å²) in [7, 11) is 1.58. The Bertz CT molecular complexity index is 330. The number of hydrogen-bond donors (Lipinski definition) is 1. The maximum atomic E-state index is 5.63. The molecule has 0 spiro atoms. The number of hydrogen-bond acceptors (Lipinski definition) is 3. The normalized spacial score (nSPS) is 9.80. The van der Waals surface area contributed by atoms with Crippen molar-refractivity contribution < 1.29 is 9.47 Å². The van der Waals surface area contributed by atoms with Gasteiger partial charge in [-0.05, 0) is 6.07 Å². The van der Waals surface area contributed by atoms with Crippen LogP contribution in [0.15, 0.2) is 29.8 Å². The lowest BCUT2D eigenvalue weighted by atomic mass is 10.2. The van der Waals surface area contributed by atoms with Crippen LogP contribution in [0.25, 0.3) is 0 Å². The first-order chi connectivity index (χ1) is 7.19. The summed E-state index contributed by atoms with van der Waals surface area (Å²) in [6, 6.07) is 5.56. The lowest BCUT2D eigenvalue weighted by molar-refractivity contribution is 0.321. The minimum atomic E-state index is 0.245. The van der Waals surface area contributed by atoms with Gasteiger partial charge in [-0.15, -0.1) is 0 Å². The molecule has 1 rings (SSSR count). The smallest absolute Gasteiger partial charge is 0.166 e. The Labute approximate surface area is 94.4 Å². The standard InChI is InChI=1S/C11H14ClNO2/c1-8(12)7-15-11-9(6-13)4-3-5-10(11)14-2/h3-5H,1,6-7,13H2,2H3. The maximum absolute atomic E-state index is 5.63. The molecule has 0 fully saturated rings. The Morgan fingerprint density at radius 1 is 1.53 bits per heavy atom. The van der Waals surface area contributed by atoms with E-state index in [1.807, 2.05) is 18.2 Å². The zero-order valence-electron chi connectivity index (χ0n) is 8.63. The number of para-hydroxylation sites is 1. The summed E-state index contributed by atoms with van der Waals surface area (Å²) < 4.78 is 10.6. The number of halogens is 1. The number of benzene rings is 1. The third-order valence-corrected chi connectivity index (χ3v) is 1.98. The van der Waals surface area contributed by atoms with Crippen LogP contribution in [0.4, 0.5) is 0 Å².